The summed E-state index contributed by atoms with van der Waals surface area (Å²) < 4.78 is 0. The van der Waals surface area contributed by atoms with Crippen LogP contribution in [0, 0.1) is 12.8 Å². The van der Waals surface area contributed by atoms with Crippen LogP contribution in [0.5, 0.6) is 0 Å². The molecule has 1 atom stereocenters. The van der Waals surface area contributed by atoms with Gasteiger partial charge in [-0.05, 0) is 90.2 Å². The summed E-state index contributed by atoms with van der Waals surface area (Å²) in [6.07, 6.45) is 8.55. The lowest BCUT2D eigenvalue weighted by molar-refractivity contribution is -0.0300. The van der Waals surface area contributed by atoms with Crippen LogP contribution in [0.4, 0.5) is 5.82 Å². The van der Waals surface area contributed by atoms with Crippen molar-refractivity contribution in [3.63, 3.8) is 0 Å². The van der Waals surface area contributed by atoms with Crippen molar-refractivity contribution < 1.29 is 14.7 Å². The first-order valence-electron chi connectivity index (χ1n) is 13.1. The van der Waals surface area contributed by atoms with Gasteiger partial charge in [0, 0.05) is 36.4 Å². The lowest BCUT2D eigenvalue weighted by Gasteiger charge is -2.36. The van der Waals surface area contributed by atoms with Crippen molar-refractivity contribution in [2.75, 3.05) is 18.4 Å². The number of pyridine rings is 1. The fraction of sp³-hybridized carbons (Fsp3) is 0.630. The lowest BCUT2D eigenvalue weighted by Crippen LogP contribution is -2.47. The normalized spacial score (nSPS) is 21.2. The Kier molecular flexibility index (Phi) is 6.57. The van der Waals surface area contributed by atoms with Gasteiger partial charge in [0.2, 0.25) is 0 Å². The number of carbonyl (C=O) groups is 2. The highest BCUT2D eigenvalue weighted by atomic mass is 32.1. The molecule has 1 saturated heterocycles. The average Bonchev–Trinajstić information content (AvgIpc) is 3.46. The predicted octanol–water partition coefficient (Wildman–Crippen LogP) is 4.38. The summed E-state index contributed by atoms with van der Waals surface area (Å²) in [4.78, 5) is 38.3. The van der Waals surface area contributed by atoms with Crippen LogP contribution in [-0.2, 0) is 0 Å². The number of rotatable bonds is 8. The number of aromatic nitrogens is 2. The second-order valence-electron chi connectivity index (χ2n) is 11.5. The fourth-order valence-corrected chi connectivity index (χ4v) is 6.35. The Morgan fingerprint density at radius 2 is 2.00 bits per heavy atom. The van der Waals surface area contributed by atoms with Crippen LogP contribution < -0.4 is 10.6 Å². The minimum atomic E-state index is -0.822. The Morgan fingerprint density at radius 1 is 1.25 bits per heavy atom. The van der Waals surface area contributed by atoms with Gasteiger partial charge in [0.05, 0.1) is 10.5 Å². The maximum absolute atomic E-state index is 13.6. The molecule has 2 aliphatic carbocycles. The van der Waals surface area contributed by atoms with Gasteiger partial charge in [0.25, 0.3) is 11.8 Å². The highest BCUT2D eigenvalue weighted by Crippen LogP contribution is 2.41. The molecule has 3 N–H and O–H groups in total. The number of likely N-dealkylation sites (tertiary alicyclic amines) is 1. The third kappa shape index (κ3) is 5.00. The van der Waals surface area contributed by atoms with Gasteiger partial charge < -0.3 is 20.6 Å². The molecule has 2 saturated carbocycles. The van der Waals surface area contributed by atoms with Crippen LogP contribution in [0.2, 0.25) is 0 Å². The Balaban J connectivity index is 1.44. The smallest absolute Gasteiger partial charge is 0.280 e. The van der Waals surface area contributed by atoms with Crippen molar-refractivity contribution in [3.05, 3.63) is 28.5 Å². The first-order chi connectivity index (χ1) is 17.1. The molecule has 1 aliphatic heterocycles. The summed E-state index contributed by atoms with van der Waals surface area (Å²) in [6, 6.07) is 2.16. The molecule has 3 heterocycles. The maximum Gasteiger partial charge on any atom is 0.280 e. The van der Waals surface area contributed by atoms with Crippen molar-refractivity contribution in [1.82, 2.24) is 20.2 Å². The maximum atomic E-state index is 13.6. The summed E-state index contributed by atoms with van der Waals surface area (Å²) in [5.41, 5.74) is 1.26. The highest BCUT2D eigenvalue weighted by Gasteiger charge is 2.38. The number of aryl methyl sites for hydroxylation is 1. The summed E-state index contributed by atoms with van der Waals surface area (Å²) in [6.45, 7) is 9.37. The lowest BCUT2D eigenvalue weighted by atomic mass is 9.80. The van der Waals surface area contributed by atoms with E-state index >= 15 is 0 Å². The number of nitrogens with one attached hydrogen (secondary N) is 2. The number of nitrogens with zero attached hydrogens (tertiary/aromatic N) is 3. The van der Waals surface area contributed by atoms with Gasteiger partial charge in [0.15, 0.2) is 5.01 Å². The fourth-order valence-electron chi connectivity index (χ4n) is 5.30. The minimum absolute atomic E-state index is 0.0196. The zero-order valence-electron chi connectivity index (χ0n) is 21.7. The van der Waals surface area contributed by atoms with E-state index in [0.717, 1.165) is 36.2 Å². The molecule has 3 fully saturated rings. The zero-order valence-corrected chi connectivity index (χ0v) is 22.5. The Labute approximate surface area is 216 Å². The number of thiazole rings is 1. The molecule has 3 aliphatic rings. The van der Waals surface area contributed by atoms with E-state index in [1.807, 2.05) is 17.9 Å². The van der Waals surface area contributed by atoms with Crippen LogP contribution >= 0.6 is 11.3 Å². The molecule has 9 heteroatoms. The van der Waals surface area contributed by atoms with Gasteiger partial charge >= 0.3 is 0 Å². The van der Waals surface area contributed by atoms with Gasteiger partial charge in [-0.1, -0.05) is 0 Å². The average molecular weight is 512 g/mol. The number of aliphatic hydroxyl groups is 1. The zero-order chi connectivity index (χ0) is 25.7. The van der Waals surface area contributed by atoms with E-state index in [1.165, 1.54) is 24.2 Å². The number of anilines is 1. The predicted molar refractivity (Wildman–Crippen MR) is 141 cm³/mol. The summed E-state index contributed by atoms with van der Waals surface area (Å²) in [7, 11) is 0. The minimum Gasteiger partial charge on any atom is -0.388 e. The van der Waals surface area contributed by atoms with Crippen LogP contribution in [0.15, 0.2) is 12.3 Å². The van der Waals surface area contributed by atoms with Gasteiger partial charge in [-0.3, -0.25) is 9.59 Å². The van der Waals surface area contributed by atoms with Crippen LogP contribution in [0.1, 0.15) is 91.6 Å². The van der Waals surface area contributed by atoms with Crippen molar-refractivity contribution in [1.29, 1.82) is 0 Å². The van der Waals surface area contributed by atoms with Gasteiger partial charge in [-0.2, -0.15) is 0 Å². The first kappa shape index (κ1) is 25.1. The number of hydrogen-bond donors (Lipinski definition) is 3. The van der Waals surface area contributed by atoms with Gasteiger partial charge in [-0.25, -0.2) is 9.97 Å². The van der Waals surface area contributed by atoms with Crippen molar-refractivity contribution >= 4 is 29.0 Å². The summed E-state index contributed by atoms with van der Waals surface area (Å²) >= 11 is 1.22. The molecule has 36 heavy (non-hydrogen) atoms. The van der Waals surface area contributed by atoms with Crippen LogP contribution in [0.3, 0.4) is 0 Å². The second kappa shape index (κ2) is 9.41. The molecule has 194 valence electrons. The molecule has 0 bridgehead atoms. The molecule has 8 nitrogen and oxygen atoms in total. The number of carbonyl (C=O) groups excluding carboxylic acids is 2. The third-order valence-corrected chi connectivity index (χ3v) is 9.19. The Morgan fingerprint density at radius 3 is 2.58 bits per heavy atom. The second-order valence-corrected chi connectivity index (χ2v) is 12.5. The molecule has 2 aromatic rings. The molecular formula is C27H37N5O3S. The van der Waals surface area contributed by atoms with Crippen molar-refractivity contribution in [2.45, 2.75) is 89.8 Å². The monoisotopic (exact) mass is 511 g/mol. The number of hydrogen-bond acceptors (Lipinski definition) is 7. The van der Waals surface area contributed by atoms with E-state index in [1.54, 1.807) is 6.20 Å². The molecule has 0 radical (unpaired) electrons. The summed E-state index contributed by atoms with van der Waals surface area (Å²) in [5.74, 6) is 0.974. The molecule has 0 aromatic carbocycles. The van der Waals surface area contributed by atoms with Gasteiger partial charge in [0.1, 0.15) is 11.5 Å². The molecule has 0 spiro atoms. The van der Waals surface area contributed by atoms with E-state index < -0.39 is 5.60 Å². The Bertz CT molecular complexity index is 1170. The van der Waals surface area contributed by atoms with Crippen LogP contribution in [0.25, 0.3) is 10.4 Å². The van der Waals surface area contributed by atoms with Crippen molar-refractivity contribution in [3.8, 4) is 10.4 Å². The van der Waals surface area contributed by atoms with Crippen LogP contribution in [-0.4, -0.2) is 62.1 Å². The Hall–Kier alpha value is -2.52. The van der Waals surface area contributed by atoms with E-state index in [0.29, 0.717) is 35.9 Å². The third-order valence-electron chi connectivity index (χ3n) is 8.10. The standard InChI is InChI=1S/C27H37N5O3S/c1-16-13-20(31-26(3,4)18-8-9-18)28-14-19(16)22-21(25(34)32-12-5-7-17(32)2)30-24(36-22)23(33)29-15-27(35)10-6-11-27/h13-14,17-18,35H,5-12,15H2,1-4H3,(H,28,31)(H,29,33)/t17-/m0/s1. The van der Waals surface area contributed by atoms with E-state index in [2.05, 4.69) is 41.4 Å². The molecular weight excluding hydrogens is 474 g/mol. The van der Waals surface area contributed by atoms with E-state index in [-0.39, 0.29) is 34.9 Å². The molecule has 2 amide bonds. The van der Waals surface area contributed by atoms with Gasteiger partial charge in [-0.15, -0.1) is 11.3 Å². The molecule has 0 unspecified atom stereocenters. The van der Waals surface area contributed by atoms with Crippen molar-refractivity contribution in [2.24, 2.45) is 5.92 Å². The summed E-state index contributed by atoms with van der Waals surface area (Å²) in [5, 5.41) is 17.0. The van der Waals surface area contributed by atoms with E-state index in [4.69, 9.17) is 0 Å². The molecule has 2 aromatic heterocycles. The molecule has 5 rings (SSSR count). The topological polar surface area (TPSA) is 107 Å². The SMILES string of the molecule is Cc1cc(NC(C)(C)C2CC2)ncc1-c1sc(C(=O)NCC2(O)CCC2)nc1C(=O)N1CCC[C@@H]1C. The van der Waals surface area contributed by atoms with E-state index in [9.17, 15) is 14.7 Å². The first-order valence-corrected chi connectivity index (χ1v) is 14.0. The quantitative estimate of drug-likeness (QED) is 0.485. The highest BCUT2D eigenvalue weighted by molar-refractivity contribution is 7.17. The largest absolute Gasteiger partial charge is 0.388 e. The number of amides is 2.